The highest BCUT2D eigenvalue weighted by molar-refractivity contribution is 5.79. The van der Waals surface area contributed by atoms with Crippen molar-refractivity contribution in [3.05, 3.63) is 59.5 Å². The molecule has 2 N–H and O–H groups in total. The van der Waals surface area contributed by atoms with E-state index in [0.29, 0.717) is 6.54 Å². The molecule has 0 radical (unpaired) electrons. The molecule has 0 spiro atoms. The third-order valence-corrected chi connectivity index (χ3v) is 4.80. The third-order valence-electron chi connectivity index (χ3n) is 4.80. The van der Waals surface area contributed by atoms with E-state index in [1.165, 1.54) is 24.0 Å². The van der Waals surface area contributed by atoms with Crippen LogP contribution < -0.4 is 10.6 Å². The Labute approximate surface area is 156 Å². The molecule has 1 fully saturated rings. The van der Waals surface area contributed by atoms with Gasteiger partial charge in [0.2, 0.25) is 0 Å². The number of hydrogen-bond acceptors (Lipinski definition) is 3. The molecule has 1 aromatic heterocycles. The summed E-state index contributed by atoms with van der Waals surface area (Å²) in [6.45, 7) is 8.75. The second-order valence-corrected chi connectivity index (χ2v) is 6.84. The molecule has 0 amide bonds. The Morgan fingerprint density at radius 3 is 2.58 bits per heavy atom. The number of likely N-dealkylation sites (tertiary alicyclic amines) is 1. The van der Waals surface area contributed by atoms with Gasteiger partial charge < -0.3 is 15.1 Å². The number of nitrogens with one attached hydrogen (secondary N) is 2. The van der Waals surface area contributed by atoms with Gasteiger partial charge in [-0.3, -0.25) is 4.90 Å². The summed E-state index contributed by atoms with van der Waals surface area (Å²) in [5, 5.41) is 6.85. The monoisotopic (exact) mass is 354 g/mol. The number of aliphatic imine (C=N–C) groups is 1. The highest BCUT2D eigenvalue weighted by atomic mass is 16.3. The van der Waals surface area contributed by atoms with Gasteiger partial charge in [-0.2, -0.15) is 0 Å². The van der Waals surface area contributed by atoms with Crippen molar-refractivity contribution < 1.29 is 4.42 Å². The number of nitrogens with zero attached hydrogens (tertiary/aromatic N) is 2. The third kappa shape index (κ3) is 5.11. The Morgan fingerprint density at radius 2 is 1.92 bits per heavy atom. The summed E-state index contributed by atoms with van der Waals surface area (Å²) >= 11 is 0. The van der Waals surface area contributed by atoms with Crippen molar-refractivity contribution in [3.63, 3.8) is 0 Å². The van der Waals surface area contributed by atoms with Crippen LogP contribution in [0.1, 0.15) is 42.7 Å². The van der Waals surface area contributed by atoms with Crippen molar-refractivity contribution in [3.8, 4) is 0 Å². The van der Waals surface area contributed by atoms with Crippen molar-refractivity contribution in [2.24, 2.45) is 4.99 Å². The van der Waals surface area contributed by atoms with Gasteiger partial charge in [-0.15, -0.1) is 0 Å². The molecule has 2 heterocycles. The highest BCUT2D eigenvalue weighted by Crippen LogP contribution is 2.24. The Balaban J connectivity index is 1.63. The number of guanidine groups is 1. The predicted octanol–water partition coefficient (Wildman–Crippen LogP) is 3.48. The second-order valence-electron chi connectivity index (χ2n) is 6.84. The van der Waals surface area contributed by atoms with E-state index in [1.807, 2.05) is 6.07 Å². The molecule has 1 atom stereocenters. The minimum Gasteiger partial charge on any atom is -0.468 e. The maximum Gasteiger partial charge on any atom is 0.191 e. The molecule has 1 unspecified atom stereocenters. The van der Waals surface area contributed by atoms with Crippen molar-refractivity contribution in [2.45, 2.75) is 39.3 Å². The molecule has 5 heteroatoms. The van der Waals surface area contributed by atoms with E-state index in [-0.39, 0.29) is 6.04 Å². The van der Waals surface area contributed by atoms with Crippen LogP contribution in [0.4, 0.5) is 0 Å². The van der Waals surface area contributed by atoms with Crippen molar-refractivity contribution in [2.75, 3.05) is 26.2 Å². The summed E-state index contributed by atoms with van der Waals surface area (Å²) in [4.78, 5) is 7.23. The molecule has 3 rings (SSSR count). The van der Waals surface area contributed by atoms with E-state index in [1.54, 1.807) is 6.26 Å². The average Bonchev–Trinajstić information content (AvgIpc) is 3.35. The fraction of sp³-hybridized carbons (Fsp3) is 0.476. The van der Waals surface area contributed by atoms with Crippen LogP contribution >= 0.6 is 0 Å². The lowest BCUT2D eigenvalue weighted by atomic mass is 10.1. The normalized spacial score (nSPS) is 16.6. The fourth-order valence-electron chi connectivity index (χ4n) is 3.34. The van der Waals surface area contributed by atoms with Crippen LogP contribution in [0.5, 0.6) is 0 Å². The number of rotatable bonds is 7. The zero-order valence-corrected chi connectivity index (χ0v) is 15.9. The number of hydrogen-bond donors (Lipinski definition) is 2. The Kier molecular flexibility index (Phi) is 6.72. The smallest absolute Gasteiger partial charge is 0.191 e. The summed E-state index contributed by atoms with van der Waals surface area (Å²) in [6, 6.07) is 12.8. The lowest BCUT2D eigenvalue weighted by Gasteiger charge is -2.26. The lowest BCUT2D eigenvalue weighted by Crippen LogP contribution is -2.42. The number of benzene rings is 1. The standard InChI is InChI=1S/C21H30N4O/c1-3-22-21(23-15-18-10-8-17(2)9-11-18)24-16-19(20-7-6-14-26-20)25-12-4-5-13-25/h6-11,14,19H,3-5,12-13,15-16H2,1-2H3,(H2,22,23,24). The van der Waals surface area contributed by atoms with E-state index in [9.17, 15) is 0 Å². The molecule has 0 saturated carbocycles. The minimum atomic E-state index is 0.246. The van der Waals surface area contributed by atoms with Crippen LogP contribution in [0.15, 0.2) is 52.1 Å². The Bertz CT molecular complexity index is 673. The zero-order chi connectivity index (χ0) is 18.2. The molecular formula is C21H30N4O. The van der Waals surface area contributed by atoms with Gasteiger partial charge in [0.1, 0.15) is 5.76 Å². The zero-order valence-electron chi connectivity index (χ0n) is 15.9. The van der Waals surface area contributed by atoms with E-state index < -0.39 is 0 Å². The summed E-state index contributed by atoms with van der Waals surface area (Å²) in [5.74, 6) is 1.87. The topological polar surface area (TPSA) is 52.8 Å². The Morgan fingerprint density at radius 1 is 1.15 bits per heavy atom. The molecular weight excluding hydrogens is 324 g/mol. The van der Waals surface area contributed by atoms with Crippen LogP contribution in [0.3, 0.4) is 0 Å². The molecule has 2 aromatic rings. The molecule has 140 valence electrons. The van der Waals surface area contributed by atoms with Crippen molar-refractivity contribution in [1.82, 2.24) is 15.5 Å². The van der Waals surface area contributed by atoms with Crippen molar-refractivity contribution >= 4 is 5.96 Å². The predicted molar refractivity (Wildman–Crippen MR) is 106 cm³/mol. The summed E-state index contributed by atoms with van der Waals surface area (Å²) in [6.07, 6.45) is 4.28. The van der Waals surface area contributed by atoms with E-state index in [0.717, 1.165) is 37.9 Å². The van der Waals surface area contributed by atoms with Crippen LogP contribution in [0.25, 0.3) is 0 Å². The first kappa shape index (κ1) is 18.5. The van der Waals surface area contributed by atoms with Crippen molar-refractivity contribution in [1.29, 1.82) is 0 Å². The van der Waals surface area contributed by atoms with Crippen LogP contribution in [-0.4, -0.2) is 37.0 Å². The van der Waals surface area contributed by atoms with Gasteiger partial charge in [0.05, 0.1) is 18.8 Å². The van der Waals surface area contributed by atoms with Gasteiger partial charge in [-0.1, -0.05) is 29.8 Å². The van der Waals surface area contributed by atoms with Crippen LogP contribution in [-0.2, 0) is 6.54 Å². The highest BCUT2D eigenvalue weighted by Gasteiger charge is 2.25. The molecule has 5 nitrogen and oxygen atoms in total. The molecule has 1 aliphatic heterocycles. The Hall–Kier alpha value is -2.27. The minimum absolute atomic E-state index is 0.246. The SMILES string of the molecule is CCNC(=NCc1ccc(C)cc1)NCC(c1ccco1)N1CCCC1. The van der Waals surface area contributed by atoms with Gasteiger partial charge in [0, 0.05) is 13.1 Å². The summed E-state index contributed by atoms with van der Waals surface area (Å²) in [7, 11) is 0. The molecule has 1 aromatic carbocycles. The summed E-state index contributed by atoms with van der Waals surface area (Å²) < 4.78 is 5.70. The largest absolute Gasteiger partial charge is 0.468 e. The first-order valence-corrected chi connectivity index (χ1v) is 9.61. The van der Waals surface area contributed by atoms with Gasteiger partial charge in [-0.05, 0) is 57.5 Å². The van der Waals surface area contributed by atoms with E-state index >= 15 is 0 Å². The molecule has 1 saturated heterocycles. The van der Waals surface area contributed by atoms with Gasteiger partial charge in [0.25, 0.3) is 0 Å². The molecule has 1 aliphatic rings. The quantitative estimate of drug-likeness (QED) is 0.590. The number of furan rings is 1. The second kappa shape index (κ2) is 9.43. The van der Waals surface area contributed by atoms with Gasteiger partial charge >= 0.3 is 0 Å². The van der Waals surface area contributed by atoms with Gasteiger partial charge in [-0.25, -0.2) is 4.99 Å². The maximum absolute atomic E-state index is 5.70. The lowest BCUT2D eigenvalue weighted by molar-refractivity contribution is 0.215. The fourth-order valence-corrected chi connectivity index (χ4v) is 3.34. The summed E-state index contributed by atoms with van der Waals surface area (Å²) in [5.41, 5.74) is 2.49. The first-order chi connectivity index (χ1) is 12.8. The van der Waals surface area contributed by atoms with Crippen LogP contribution in [0.2, 0.25) is 0 Å². The molecule has 0 bridgehead atoms. The molecule has 26 heavy (non-hydrogen) atoms. The van der Waals surface area contributed by atoms with Crippen LogP contribution in [0, 0.1) is 6.92 Å². The van der Waals surface area contributed by atoms with Gasteiger partial charge in [0.15, 0.2) is 5.96 Å². The first-order valence-electron chi connectivity index (χ1n) is 9.61. The number of aryl methyl sites for hydroxylation is 1. The van der Waals surface area contributed by atoms with E-state index in [4.69, 9.17) is 9.41 Å². The maximum atomic E-state index is 5.70. The average molecular weight is 354 g/mol. The van der Waals surface area contributed by atoms with E-state index in [2.05, 4.69) is 59.7 Å². The molecule has 0 aliphatic carbocycles.